The van der Waals surface area contributed by atoms with Crippen molar-refractivity contribution in [1.29, 1.82) is 0 Å². The molecule has 12 heteroatoms. The smallest absolute Gasteiger partial charge is 0.388 e. The molecule has 1 aliphatic carbocycles. The number of nitrogens with zero attached hydrogens (tertiary/aromatic N) is 4. The SMILES string of the molecule is Cc1nn2cc(C3CC3)cnc2c1C(=O)N[C@]1(c2ncc(C(F)(F)F)cc2F)CCOC[C@H]1O. The molecule has 180 valence electrons. The highest BCUT2D eigenvalue weighted by atomic mass is 19.4. The van der Waals surface area contributed by atoms with Crippen molar-refractivity contribution in [3.05, 3.63) is 58.6 Å². The summed E-state index contributed by atoms with van der Waals surface area (Å²) in [4.78, 5) is 21.5. The van der Waals surface area contributed by atoms with Crippen molar-refractivity contribution in [3.8, 4) is 0 Å². The highest BCUT2D eigenvalue weighted by Crippen LogP contribution is 2.40. The van der Waals surface area contributed by atoms with Crippen LogP contribution in [0.5, 0.6) is 0 Å². The van der Waals surface area contributed by atoms with Gasteiger partial charge in [0.05, 0.1) is 17.9 Å². The Bertz CT molecular complexity index is 1270. The quantitative estimate of drug-likeness (QED) is 0.558. The van der Waals surface area contributed by atoms with E-state index in [2.05, 4.69) is 20.4 Å². The molecule has 2 aliphatic rings. The van der Waals surface area contributed by atoms with E-state index in [9.17, 15) is 27.5 Å². The Kier molecular flexibility index (Phi) is 5.32. The minimum absolute atomic E-state index is 0.0240. The number of pyridine rings is 1. The maximum Gasteiger partial charge on any atom is 0.417 e. The summed E-state index contributed by atoms with van der Waals surface area (Å²) >= 11 is 0. The largest absolute Gasteiger partial charge is 0.417 e. The Hall–Kier alpha value is -3.12. The van der Waals surface area contributed by atoms with Gasteiger partial charge in [-0.3, -0.25) is 9.78 Å². The molecule has 0 radical (unpaired) electrons. The molecule has 1 saturated carbocycles. The zero-order valence-corrected chi connectivity index (χ0v) is 18.1. The molecule has 2 N–H and O–H groups in total. The van der Waals surface area contributed by atoms with E-state index in [4.69, 9.17) is 4.74 Å². The zero-order valence-electron chi connectivity index (χ0n) is 18.1. The third-order valence-corrected chi connectivity index (χ3v) is 6.36. The number of carbonyl (C=O) groups is 1. The van der Waals surface area contributed by atoms with E-state index in [-0.39, 0.29) is 30.8 Å². The number of carbonyl (C=O) groups excluding carboxylic acids is 1. The highest BCUT2D eigenvalue weighted by molar-refractivity contribution is 6.01. The second kappa shape index (κ2) is 7.98. The summed E-state index contributed by atoms with van der Waals surface area (Å²) in [5.41, 5.74) is -1.82. The van der Waals surface area contributed by atoms with Crippen LogP contribution in [0.15, 0.2) is 24.7 Å². The molecule has 1 amide bonds. The van der Waals surface area contributed by atoms with Crippen molar-refractivity contribution in [3.63, 3.8) is 0 Å². The van der Waals surface area contributed by atoms with E-state index in [0.29, 0.717) is 23.9 Å². The van der Waals surface area contributed by atoms with Gasteiger partial charge in [-0.15, -0.1) is 0 Å². The standard InChI is InChI=1S/C22H21F4N5O3/c1-11-17(19-28-7-13(12-2-3-12)9-31(19)30-11)20(33)29-21(4-5-34-10-16(21)32)18-15(23)6-14(8-27-18)22(24,25)26/h6-9,12,16,32H,2-5,10H2,1H3,(H,29,33)/t16-,21-/m1/s1. The first-order valence-electron chi connectivity index (χ1n) is 10.8. The number of hydrogen-bond donors (Lipinski definition) is 2. The summed E-state index contributed by atoms with van der Waals surface area (Å²) in [6.07, 6.45) is -0.260. The van der Waals surface area contributed by atoms with Gasteiger partial charge in [-0.1, -0.05) is 0 Å². The topological polar surface area (TPSA) is 102 Å². The van der Waals surface area contributed by atoms with Crippen molar-refractivity contribution in [2.45, 2.75) is 49.9 Å². The third-order valence-electron chi connectivity index (χ3n) is 6.36. The molecule has 2 fully saturated rings. The van der Waals surface area contributed by atoms with Crippen LogP contribution in [0.2, 0.25) is 0 Å². The molecule has 0 spiro atoms. The fraction of sp³-hybridized carbons (Fsp3) is 0.455. The Labute approximate surface area is 191 Å². The molecule has 1 aliphatic heterocycles. The summed E-state index contributed by atoms with van der Waals surface area (Å²) in [7, 11) is 0. The van der Waals surface area contributed by atoms with Crippen LogP contribution in [0, 0.1) is 12.7 Å². The number of rotatable bonds is 4. The number of alkyl halides is 3. The van der Waals surface area contributed by atoms with Crippen LogP contribution >= 0.6 is 0 Å². The molecule has 3 aromatic rings. The van der Waals surface area contributed by atoms with Gasteiger partial charge in [0.1, 0.15) is 28.7 Å². The third kappa shape index (κ3) is 3.80. The zero-order chi connectivity index (χ0) is 24.3. The number of hydrogen-bond acceptors (Lipinski definition) is 6. The monoisotopic (exact) mass is 479 g/mol. The average molecular weight is 479 g/mol. The van der Waals surface area contributed by atoms with Crippen LogP contribution < -0.4 is 5.32 Å². The molecular formula is C22H21F4N5O3. The van der Waals surface area contributed by atoms with Crippen molar-refractivity contribution in [2.75, 3.05) is 13.2 Å². The van der Waals surface area contributed by atoms with Crippen LogP contribution in [0.25, 0.3) is 5.65 Å². The number of aromatic nitrogens is 4. The number of aryl methyl sites for hydroxylation is 1. The normalized spacial score (nSPS) is 23.3. The molecule has 4 heterocycles. The van der Waals surface area contributed by atoms with Crippen LogP contribution in [0.1, 0.15) is 58.1 Å². The van der Waals surface area contributed by atoms with Crippen molar-refractivity contribution >= 4 is 11.6 Å². The van der Waals surface area contributed by atoms with Crippen LogP contribution in [0.4, 0.5) is 17.6 Å². The average Bonchev–Trinajstić information content (AvgIpc) is 3.56. The minimum atomic E-state index is -4.80. The number of aliphatic hydroxyl groups excluding tert-OH is 1. The van der Waals surface area contributed by atoms with Crippen molar-refractivity contribution in [1.82, 2.24) is 24.9 Å². The molecular weight excluding hydrogens is 458 g/mol. The summed E-state index contributed by atoms with van der Waals surface area (Å²) < 4.78 is 60.7. The molecule has 34 heavy (non-hydrogen) atoms. The first kappa shape index (κ1) is 22.7. The van der Waals surface area contributed by atoms with Gasteiger partial charge in [0, 0.05) is 31.6 Å². The lowest BCUT2D eigenvalue weighted by atomic mass is 9.82. The summed E-state index contributed by atoms with van der Waals surface area (Å²) in [5, 5.41) is 17.8. The van der Waals surface area contributed by atoms with E-state index >= 15 is 0 Å². The van der Waals surface area contributed by atoms with E-state index in [1.165, 1.54) is 4.52 Å². The number of halogens is 4. The fourth-order valence-electron chi connectivity index (χ4n) is 4.36. The van der Waals surface area contributed by atoms with Gasteiger partial charge in [0.25, 0.3) is 5.91 Å². The van der Waals surface area contributed by atoms with Gasteiger partial charge in [-0.2, -0.15) is 18.3 Å². The van der Waals surface area contributed by atoms with Crippen molar-refractivity contribution < 1.29 is 32.2 Å². The fourth-order valence-corrected chi connectivity index (χ4v) is 4.36. The highest BCUT2D eigenvalue weighted by Gasteiger charge is 2.48. The summed E-state index contributed by atoms with van der Waals surface area (Å²) in [6, 6.07) is 0.306. The van der Waals surface area contributed by atoms with Gasteiger partial charge >= 0.3 is 6.18 Å². The maximum absolute atomic E-state index is 14.9. The van der Waals surface area contributed by atoms with E-state index in [1.54, 1.807) is 19.3 Å². The lowest BCUT2D eigenvalue weighted by Crippen LogP contribution is -2.59. The summed E-state index contributed by atoms with van der Waals surface area (Å²) in [6.45, 7) is 1.37. The first-order chi connectivity index (χ1) is 16.1. The Balaban J connectivity index is 1.54. The molecule has 0 bridgehead atoms. The minimum Gasteiger partial charge on any atom is -0.388 e. The van der Waals surface area contributed by atoms with E-state index < -0.39 is 40.8 Å². The molecule has 2 atom stereocenters. The first-order valence-corrected chi connectivity index (χ1v) is 10.8. The second-order valence-electron chi connectivity index (χ2n) is 8.71. The van der Waals surface area contributed by atoms with E-state index in [0.717, 1.165) is 18.4 Å². The van der Waals surface area contributed by atoms with Crippen molar-refractivity contribution in [2.24, 2.45) is 0 Å². The predicted molar refractivity (Wildman–Crippen MR) is 109 cm³/mol. The molecule has 5 rings (SSSR count). The number of aliphatic hydroxyl groups is 1. The number of ether oxygens (including phenoxy) is 1. The van der Waals surface area contributed by atoms with Gasteiger partial charge in [-0.25, -0.2) is 13.9 Å². The number of nitrogens with one attached hydrogen (secondary N) is 1. The molecule has 8 nitrogen and oxygen atoms in total. The molecule has 0 aromatic carbocycles. The van der Waals surface area contributed by atoms with Gasteiger partial charge < -0.3 is 15.2 Å². The molecule has 1 saturated heterocycles. The Morgan fingerprint density at radius 1 is 1.29 bits per heavy atom. The second-order valence-corrected chi connectivity index (χ2v) is 8.71. The number of fused-ring (bicyclic) bond motifs is 1. The van der Waals surface area contributed by atoms with Gasteiger partial charge in [0.15, 0.2) is 5.65 Å². The summed E-state index contributed by atoms with van der Waals surface area (Å²) in [5.74, 6) is -1.57. The van der Waals surface area contributed by atoms with Crippen LogP contribution in [-0.4, -0.2) is 49.9 Å². The predicted octanol–water partition coefficient (Wildman–Crippen LogP) is 2.87. The Morgan fingerprint density at radius 2 is 2.06 bits per heavy atom. The molecule has 3 aromatic heterocycles. The maximum atomic E-state index is 14.9. The number of amides is 1. The van der Waals surface area contributed by atoms with Gasteiger partial charge in [0.2, 0.25) is 0 Å². The van der Waals surface area contributed by atoms with E-state index in [1.807, 2.05) is 0 Å². The lowest BCUT2D eigenvalue weighted by Gasteiger charge is -2.41. The lowest BCUT2D eigenvalue weighted by molar-refractivity contribution is -0.138. The Morgan fingerprint density at radius 3 is 2.71 bits per heavy atom. The molecule has 0 unspecified atom stereocenters. The van der Waals surface area contributed by atoms with Gasteiger partial charge in [-0.05, 0) is 37.3 Å². The van der Waals surface area contributed by atoms with Crippen LogP contribution in [0.3, 0.4) is 0 Å². The van der Waals surface area contributed by atoms with Crippen LogP contribution in [-0.2, 0) is 16.5 Å².